The summed E-state index contributed by atoms with van der Waals surface area (Å²) in [4.78, 5) is 0. The number of hydrogen-bond donors (Lipinski definition) is 1. The number of nitrogens with two attached hydrogens (primary N) is 1. The van der Waals surface area contributed by atoms with E-state index in [9.17, 15) is 0 Å². The highest BCUT2D eigenvalue weighted by molar-refractivity contribution is 5.41. The summed E-state index contributed by atoms with van der Waals surface area (Å²) in [7, 11) is 1.69. The zero-order chi connectivity index (χ0) is 10.0. The van der Waals surface area contributed by atoms with Gasteiger partial charge in [-0.15, -0.1) is 0 Å². The van der Waals surface area contributed by atoms with Gasteiger partial charge in [0.1, 0.15) is 5.75 Å². The van der Waals surface area contributed by atoms with Gasteiger partial charge in [-0.1, -0.05) is 30.4 Å². The number of methoxy groups -OCH3 is 1. The number of para-hydroxylation sites is 1. The molecular formula is C12H15NO. The largest absolute Gasteiger partial charge is 0.496 e. The van der Waals surface area contributed by atoms with Crippen LogP contribution < -0.4 is 10.5 Å². The van der Waals surface area contributed by atoms with Crippen molar-refractivity contribution in [3.8, 4) is 5.75 Å². The minimum Gasteiger partial charge on any atom is -0.496 e. The molecule has 0 spiro atoms. The maximum absolute atomic E-state index is 6.31. The molecule has 0 aliphatic heterocycles. The van der Waals surface area contributed by atoms with Gasteiger partial charge < -0.3 is 10.5 Å². The van der Waals surface area contributed by atoms with Crippen molar-refractivity contribution >= 4 is 0 Å². The van der Waals surface area contributed by atoms with Crippen molar-refractivity contribution in [2.45, 2.75) is 18.4 Å². The summed E-state index contributed by atoms with van der Waals surface area (Å²) in [6, 6.07) is 7.98. The second-order valence-corrected chi connectivity index (χ2v) is 3.74. The van der Waals surface area contributed by atoms with Crippen LogP contribution in [0.3, 0.4) is 0 Å². The molecule has 1 aliphatic rings. The Labute approximate surface area is 84.4 Å². The van der Waals surface area contributed by atoms with Crippen LogP contribution in [-0.2, 0) is 5.54 Å². The Morgan fingerprint density at radius 3 is 2.50 bits per heavy atom. The fourth-order valence-electron chi connectivity index (χ4n) is 1.95. The van der Waals surface area contributed by atoms with Crippen molar-refractivity contribution in [3.63, 3.8) is 0 Å². The summed E-state index contributed by atoms with van der Waals surface area (Å²) < 4.78 is 5.32. The first kappa shape index (κ1) is 9.28. The maximum Gasteiger partial charge on any atom is 0.123 e. The number of hydrogen-bond acceptors (Lipinski definition) is 2. The highest BCUT2D eigenvalue weighted by atomic mass is 16.5. The number of benzene rings is 1. The molecule has 0 heterocycles. The van der Waals surface area contributed by atoms with Crippen molar-refractivity contribution in [1.82, 2.24) is 0 Å². The van der Waals surface area contributed by atoms with E-state index in [0.717, 1.165) is 24.2 Å². The summed E-state index contributed by atoms with van der Waals surface area (Å²) in [5.74, 6) is 0.888. The Bertz CT molecular complexity index is 349. The van der Waals surface area contributed by atoms with E-state index in [-0.39, 0.29) is 5.54 Å². The van der Waals surface area contributed by atoms with E-state index < -0.39 is 0 Å². The SMILES string of the molecule is COc1ccccc1C1(N)CC=CC1. The fraction of sp³-hybridized carbons (Fsp3) is 0.333. The molecule has 2 N–H and O–H groups in total. The minimum absolute atomic E-state index is 0.257. The number of ether oxygens (including phenoxy) is 1. The molecule has 0 radical (unpaired) electrons. The van der Waals surface area contributed by atoms with Crippen LogP contribution in [0.15, 0.2) is 36.4 Å². The molecule has 0 amide bonds. The van der Waals surface area contributed by atoms with Gasteiger partial charge in [-0.25, -0.2) is 0 Å². The summed E-state index contributed by atoms with van der Waals surface area (Å²) in [5.41, 5.74) is 7.16. The molecule has 1 aromatic carbocycles. The van der Waals surface area contributed by atoms with E-state index in [1.165, 1.54) is 0 Å². The van der Waals surface area contributed by atoms with E-state index in [1.807, 2.05) is 24.3 Å². The molecule has 0 unspecified atom stereocenters. The zero-order valence-corrected chi connectivity index (χ0v) is 8.36. The Hall–Kier alpha value is -1.28. The molecule has 74 valence electrons. The topological polar surface area (TPSA) is 35.2 Å². The predicted octanol–water partition coefficient (Wildman–Crippen LogP) is 2.20. The number of rotatable bonds is 2. The van der Waals surface area contributed by atoms with Gasteiger partial charge in [0.25, 0.3) is 0 Å². The normalized spacial score (nSPS) is 18.4. The maximum atomic E-state index is 6.31. The van der Waals surface area contributed by atoms with E-state index >= 15 is 0 Å². The van der Waals surface area contributed by atoms with Crippen LogP contribution in [0.2, 0.25) is 0 Å². The molecule has 2 nitrogen and oxygen atoms in total. The lowest BCUT2D eigenvalue weighted by molar-refractivity contribution is 0.384. The molecule has 2 rings (SSSR count). The van der Waals surface area contributed by atoms with Gasteiger partial charge in [-0.2, -0.15) is 0 Å². The van der Waals surface area contributed by atoms with Crippen LogP contribution >= 0.6 is 0 Å². The fourth-order valence-corrected chi connectivity index (χ4v) is 1.95. The molecule has 0 fully saturated rings. The summed E-state index contributed by atoms with van der Waals surface area (Å²) in [6.45, 7) is 0. The minimum atomic E-state index is -0.257. The first-order chi connectivity index (χ1) is 6.76. The Morgan fingerprint density at radius 1 is 1.21 bits per heavy atom. The highest BCUT2D eigenvalue weighted by Gasteiger charge is 2.30. The Kier molecular flexibility index (Phi) is 2.30. The average Bonchev–Trinajstić information content (AvgIpc) is 2.66. The third-order valence-corrected chi connectivity index (χ3v) is 2.77. The van der Waals surface area contributed by atoms with Gasteiger partial charge >= 0.3 is 0 Å². The van der Waals surface area contributed by atoms with Gasteiger partial charge in [0.05, 0.1) is 12.6 Å². The van der Waals surface area contributed by atoms with Gasteiger partial charge in [0.2, 0.25) is 0 Å². The second-order valence-electron chi connectivity index (χ2n) is 3.74. The molecule has 1 aliphatic carbocycles. The summed E-state index contributed by atoms with van der Waals surface area (Å²) >= 11 is 0. The van der Waals surface area contributed by atoms with Crippen LogP contribution in [0.5, 0.6) is 5.75 Å². The van der Waals surface area contributed by atoms with Crippen molar-refractivity contribution in [2.75, 3.05) is 7.11 Å². The van der Waals surface area contributed by atoms with Gasteiger partial charge in [-0.3, -0.25) is 0 Å². The lowest BCUT2D eigenvalue weighted by atomic mass is 9.88. The summed E-state index contributed by atoms with van der Waals surface area (Å²) in [6.07, 6.45) is 6.06. The average molecular weight is 189 g/mol. The molecular weight excluding hydrogens is 174 g/mol. The van der Waals surface area contributed by atoms with E-state index in [4.69, 9.17) is 10.5 Å². The van der Waals surface area contributed by atoms with Crippen molar-refractivity contribution in [1.29, 1.82) is 0 Å². The van der Waals surface area contributed by atoms with Crippen LogP contribution in [0.1, 0.15) is 18.4 Å². The van der Waals surface area contributed by atoms with Crippen molar-refractivity contribution in [2.24, 2.45) is 5.73 Å². The lowest BCUT2D eigenvalue weighted by Gasteiger charge is -2.26. The van der Waals surface area contributed by atoms with Crippen LogP contribution in [0, 0.1) is 0 Å². The standard InChI is InChI=1S/C12H15NO/c1-14-11-7-3-2-6-10(11)12(13)8-4-5-9-12/h2-7H,8-9,13H2,1H3. The Balaban J connectivity index is 2.40. The van der Waals surface area contributed by atoms with Crippen molar-refractivity contribution in [3.05, 3.63) is 42.0 Å². The third kappa shape index (κ3) is 1.42. The van der Waals surface area contributed by atoms with E-state index in [0.29, 0.717) is 0 Å². The quantitative estimate of drug-likeness (QED) is 0.724. The van der Waals surface area contributed by atoms with Gasteiger partial charge in [-0.05, 0) is 18.9 Å². The van der Waals surface area contributed by atoms with Gasteiger partial charge in [0.15, 0.2) is 0 Å². The molecule has 0 saturated heterocycles. The van der Waals surface area contributed by atoms with Crippen LogP contribution in [0.4, 0.5) is 0 Å². The monoisotopic (exact) mass is 189 g/mol. The van der Waals surface area contributed by atoms with Crippen molar-refractivity contribution < 1.29 is 4.74 Å². The lowest BCUT2D eigenvalue weighted by Crippen LogP contribution is -2.33. The highest BCUT2D eigenvalue weighted by Crippen LogP contribution is 2.36. The molecule has 0 saturated carbocycles. The molecule has 1 aromatic rings. The first-order valence-corrected chi connectivity index (χ1v) is 4.84. The molecule has 14 heavy (non-hydrogen) atoms. The molecule has 2 heteroatoms. The smallest absolute Gasteiger partial charge is 0.123 e. The first-order valence-electron chi connectivity index (χ1n) is 4.84. The summed E-state index contributed by atoms with van der Waals surface area (Å²) in [5, 5.41) is 0. The molecule has 0 aromatic heterocycles. The van der Waals surface area contributed by atoms with Gasteiger partial charge in [0, 0.05) is 5.56 Å². The molecule has 0 bridgehead atoms. The van der Waals surface area contributed by atoms with Crippen LogP contribution in [-0.4, -0.2) is 7.11 Å². The van der Waals surface area contributed by atoms with E-state index in [1.54, 1.807) is 7.11 Å². The van der Waals surface area contributed by atoms with E-state index in [2.05, 4.69) is 12.2 Å². The second kappa shape index (κ2) is 3.46. The predicted molar refractivity (Wildman–Crippen MR) is 57.2 cm³/mol. The molecule has 0 atom stereocenters. The Morgan fingerprint density at radius 2 is 1.86 bits per heavy atom. The van der Waals surface area contributed by atoms with Crippen LogP contribution in [0.25, 0.3) is 0 Å². The third-order valence-electron chi connectivity index (χ3n) is 2.77. The zero-order valence-electron chi connectivity index (χ0n) is 8.36.